The van der Waals surface area contributed by atoms with Crippen LogP contribution < -0.4 is 5.73 Å². The first-order chi connectivity index (χ1) is 8.45. The summed E-state index contributed by atoms with van der Waals surface area (Å²) in [6, 6.07) is 3.05. The van der Waals surface area contributed by atoms with E-state index in [2.05, 4.69) is 0 Å². The third kappa shape index (κ3) is 3.77. The number of benzene rings is 1. The number of carbonyl (C=O) groups is 1. The van der Waals surface area contributed by atoms with Gasteiger partial charge in [0, 0.05) is 13.6 Å². The van der Waals surface area contributed by atoms with E-state index in [9.17, 15) is 13.6 Å². The zero-order valence-corrected chi connectivity index (χ0v) is 10.6. The molecule has 0 aliphatic carbocycles. The van der Waals surface area contributed by atoms with E-state index in [-0.39, 0.29) is 12.5 Å². The van der Waals surface area contributed by atoms with Crippen LogP contribution in [0.5, 0.6) is 0 Å². The van der Waals surface area contributed by atoms with E-state index in [0.29, 0.717) is 12.0 Å². The van der Waals surface area contributed by atoms with Crippen molar-refractivity contribution in [1.82, 2.24) is 4.90 Å². The second-order valence-electron chi connectivity index (χ2n) is 4.34. The van der Waals surface area contributed by atoms with Gasteiger partial charge in [0.25, 0.3) is 0 Å². The van der Waals surface area contributed by atoms with Crippen LogP contribution in [0.1, 0.15) is 25.3 Å². The fourth-order valence-corrected chi connectivity index (χ4v) is 1.71. The molecule has 3 nitrogen and oxygen atoms in total. The molecule has 1 rings (SSSR count). The highest BCUT2D eigenvalue weighted by Gasteiger charge is 2.17. The first-order valence-corrected chi connectivity index (χ1v) is 5.90. The van der Waals surface area contributed by atoms with Gasteiger partial charge in [-0.05, 0) is 24.1 Å². The fraction of sp³-hybridized carbons (Fsp3) is 0.462. The minimum atomic E-state index is -0.911. The normalized spacial score (nSPS) is 12.3. The largest absolute Gasteiger partial charge is 0.340 e. The van der Waals surface area contributed by atoms with Gasteiger partial charge in [-0.15, -0.1) is 0 Å². The van der Waals surface area contributed by atoms with Gasteiger partial charge >= 0.3 is 0 Å². The lowest BCUT2D eigenvalue weighted by Crippen LogP contribution is -2.41. The minimum Gasteiger partial charge on any atom is -0.340 e. The Balaban J connectivity index is 2.66. The molecule has 1 unspecified atom stereocenters. The van der Waals surface area contributed by atoms with Crippen LogP contribution in [0.2, 0.25) is 0 Å². The molecule has 1 aromatic rings. The highest BCUT2D eigenvalue weighted by Crippen LogP contribution is 2.11. The van der Waals surface area contributed by atoms with Crippen molar-refractivity contribution in [3.8, 4) is 0 Å². The van der Waals surface area contributed by atoms with Crippen LogP contribution in [-0.2, 0) is 11.3 Å². The highest BCUT2D eigenvalue weighted by atomic mass is 19.2. The minimum absolute atomic E-state index is 0.193. The molecule has 0 aliphatic rings. The van der Waals surface area contributed by atoms with Crippen LogP contribution in [0.4, 0.5) is 8.78 Å². The van der Waals surface area contributed by atoms with Crippen molar-refractivity contribution < 1.29 is 13.6 Å². The average molecular weight is 256 g/mol. The molecule has 18 heavy (non-hydrogen) atoms. The maximum Gasteiger partial charge on any atom is 0.239 e. The molecule has 0 heterocycles. The van der Waals surface area contributed by atoms with Crippen LogP contribution in [0.25, 0.3) is 0 Å². The smallest absolute Gasteiger partial charge is 0.239 e. The van der Waals surface area contributed by atoms with E-state index in [4.69, 9.17) is 5.73 Å². The maximum atomic E-state index is 13.0. The molecular weight excluding hydrogens is 238 g/mol. The van der Waals surface area contributed by atoms with Crippen LogP contribution in [0, 0.1) is 11.6 Å². The quantitative estimate of drug-likeness (QED) is 0.876. The lowest BCUT2D eigenvalue weighted by atomic mass is 10.1. The zero-order valence-electron chi connectivity index (χ0n) is 10.6. The highest BCUT2D eigenvalue weighted by molar-refractivity contribution is 5.81. The van der Waals surface area contributed by atoms with Gasteiger partial charge in [-0.2, -0.15) is 0 Å². The van der Waals surface area contributed by atoms with Crippen molar-refractivity contribution in [3.63, 3.8) is 0 Å². The number of nitrogens with zero attached hydrogens (tertiary/aromatic N) is 1. The van der Waals surface area contributed by atoms with Crippen LogP contribution in [0.3, 0.4) is 0 Å². The van der Waals surface area contributed by atoms with Crippen LogP contribution >= 0.6 is 0 Å². The Hall–Kier alpha value is -1.49. The monoisotopic (exact) mass is 256 g/mol. The Bertz CT molecular complexity index is 423. The molecule has 1 aromatic carbocycles. The summed E-state index contributed by atoms with van der Waals surface area (Å²) in [6.45, 7) is 2.16. The average Bonchev–Trinajstić information content (AvgIpc) is 2.33. The number of halogens is 2. The first-order valence-electron chi connectivity index (χ1n) is 5.90. The number of hydrogen-bond acceptors (Lipinski definition) is 2. The van der Waals surface area contributed by atoms with Gasteiger partial charge in [-0.1, -0.05) is 19.4 Å². The second kappa shape index (κ2) is 6.44. The summed E-state index contributed by atoms with van der Waals surface area (Å²) < 4.78 is 25.8. The van der Waals surface area contributed by atoms with E-state index in [1.807, 2.05) is 6.92 Å². The van der Waals surface area contributed by atoms with Crippen molar-refractivity contribution >= 4 is 5.91 Å². The molecule has 0 aliphatic heterocycles. The van der Waals surface area contributed by atoms with Crippen molar-refractivity contribution in [1.29, 1.82) is 0 Å². The lowest BCUT2D eigenvalue weighted by Gasteiger charge is -2.21. The molecule has 0 radical (unpaired) electrons. The third-order valence-electron chi connectivity index (χ3n) is 2.70. The number of hydrogen-bond donors (Lipinski definition) is 1. The van der Waals surface area contributed by atoms with Gasteiger partial charge in [-0.3, -0.25) is 4.79 Å². The van der Waals surface area contributed by atoms with Gasteiger partial charge in [0.2, 0.25) is 5.91 Å². The van der Waals surface area contributed by atoms with E-state index in [1.54, 1.807) is 7.05 Å². The summed E-state index contributed by atoms with van der Waals surface area (Å²) in [5.41, 5.74) is 6.25. The molecule has 1 atom stereocenters. The molecule has 1 amide bonds. The van der Waals surface area contributed by atoms with Gasteiger partial charge in [0.05, 0.1) is 6.04 Å². The predicted molar refractivity (Wildman–Crippen MR) is 65.7 cm³/mol. The van der Waals surface area contributed by atoms with Gasteiger partial charge < -0.3 is 10.6 Å². The first kappa shape index (κ1) is 14.6. The van der Waals surface area contributed by atoms with E-state index < -0.39 is 17.7 Å². The lowest BCUT2D eigenvalue weighted by molar-refractivity contribution is -0.132. The van der Waals surface area contributed by atoms with E-state index in [0.717, 1.165) is 18.6 Å². The Morgan fingerprint density at radius 1 is 1.39 bits per heavy atom. The van der Waals surface area contributed by atoms with Crippen molar-refractivity contribution in [2.24, 2.45) is 5.73 Å². The Morgan fingerprint density at radius 2 is 2.06 bits per heavy atom. The SMILES string of the molecule is CCCC(N)C(=O)N(C)Cc1ccc(F)c(F)c1. The number of carbonyl (C=O) groups excluding carboxylic acids is 1. The molecule has 2 N–H and O–H groups in total. The number of amides is 1. The summed E-state index contributed by atoms with van der Waals surface area (Å²) in [4.78, 5) is 13.2. The molecule has 0 fully saturated rings. The van der Waals surface area contributed by atoms with E-state index >= 15 is 0 Å². The summed E-state index contributed by atoms with van der Waals surface area (Å²) in [5.74, 6) is -2.00. The van der Waals surface area contributed by atoms with Crippen molar-refractivity contribution in [2.75, 3.05) is 7.05 Å². The summed E-state index contributed by atoms with van der Waals surface area (Å²) in [6.07, 6.45) is 1.44. The topological polar surface area (TPSA) is 46.3 Å². The molecule has 0 bridgehead atoms. The standard InChI is InChI=1S/C13H18F2N2O/c1-3-4-12(16)13(18)17(2)8-9-5-6-10(14)11(15)7-9/h5-7,12H,3-4,8,16H2,1-2H3. The molecule has 0 saturated carbocycles. The van der Waals surface area contributed by atoms with Crippen molar-refractivity contribution in [2.45, 2.75) is 32.4 Å². The van der Waals surface area contributed by atoms with Crippen molar-refractivity contribution in [3.05, 3.63) is 35.4 Å². The van der Waals surface area contributed by atoms with Gasteiger partial charge in [0.15, 0.2) is 11.6 Å². The molecule has 0 aromatic heterocycles. The van der Waals surface area contributed by atoms with Gasteiger partial charge in [0.1, 0.15) is 0 Å². The molecular formula is C13H18F2N2O. The molecule has 0 saturated heterocycles. The van der Waals surface area contributed by atoms with Crippen LogP contribution in [-0.4, -0.2) is 23.9 Å². The number of likely N-dealkylation sites (N-methyl/N-ethyl adjacent to an activating group) is 1. The zero-order chi connectivity index (χ0) is 13.7. The Kier molecular flexibility index (Phi) is 5.22. The summed E-state index contributed by atoms with van der Waals surface area (Å²) in [7, 11) is 1.60. The molecule has 100 valence electrons. The van der Waals surface area contributed by atoms with Crippen LogP contribution in [0.15, 0.2) is 18.2 Å². The number of rotatable bonds is 5. The maximum absolute atomic E-state index is 13.0. The predicted octanol–water partition coefficient (Wildman–Crippen LogP) is 2.05. The third-order valence-corrected chi connectivity index (χ3v) is 2.70. The number of nitrogens with two attached hydrogens (primary N) is 1. The molecule has 5 heteroatoms. The Morgan fingerprint density at radius 3 is 2.61 bits per heavy atom. The van der Waals surface area contributed by atoms with Gasteiger partial charge in [-0.25, -0.2) is 8.78 Å². The summed E-state index contributed by atoms with van der Waals surface area (Å²) >= 11 is 0. The second-order valence-corrected chi connectivity index (χ2v) is 4.34. The summed E-state index contributed by atoms with van der Waals surface area (Å²) in [5, 5.41) is 0. The van der Waals surface area contributed by atoms with E-state index in [1.165, 1.54) is 11.0 Å². The Labute approximate surface area is 106 Å². The fourth-order valence-electron chi connectivity index (χ4n) is 1.71. The molecule has 0 spiro atoms.